The Labute approximate surface area is 276 Å². The second kappa shape index (κ2) is 17.3. The summed E-state index contributed by atoms with van der Waals surface area (Å²) in [5.41, 5.74) is 3.40. The first-order valence-electron chi connectivity index (χ1n) is 15.0. The van der Waals surface area contributed by atoms with Crippen molar-refractivity contribution in [2.45, 2.75) is 53.2 Å². The number of aliphatic hydroxyl groups excluding tert-OH is 1. The molecule has 0 aliphatic carbocycles. The molecule has 2 amide bonds. The number of hydrogen-bond acceptors (Lipinski definition) is 8. The number of hydrogen-bond donors (Lipinski definition) is 3. The van der Waals surface area contributed by atoms with Gasteiger partial charge in [0.15, 0.2) is 0 Å². The van der Waals surface area contributed by atoms with Crippen LogP contribution in [0.5, 0.6) is 23.0 Å². The number of urea groups is 1. The Kier molecular flexibility index (Phi) is 13.6. The summed E-state index contributed by atoms with van der Waals surface area (Å²) in [7, 11) is 6.48. The van der Waals surface area contributed by atoms with Crippen molar-refractivity contribution in [1.29, 1.82) is 0 Å². The number of carbonyl (C=O) groups is 1. The fourth-order valence-corrected chi connectivity index (χ4v) is 5.00. The molecule has 1 atom stereocenters. The minimum Gasteiger partial charge on any atom is -0.497 e. The van der Waals surface area contributed by atoms with Crippen LogP contribution in [0.25, 0.3) is 12.2 Å². The molecule has 1 heterocycles. The van der Waals surface area contributed by atoms with Gasteiger partial charge in [0, 0.05) is 47.3 Å². The SMILES string of the molecule is C/C=c1/c(N(Cc2ccc(OC)cc2OC)Cc2ccc(OC)cc2OC)nc(Cl)c/c1=C/C(NC(=O)NC(C)CO)=C(\C)CC. The van der Waals surface area contributed by atoms with Gasteiger partial charge in [0.05, 0.1) is 41.1 Å². The molecule has 3 N–H and O–H groups in total. The molecule has 0 bridgehead atoms. The number of halogens is 1. The smallest absolute Gasteiger partial charge is 0.319 e. The molecule has 11 heteroatoms. The van der Waals surface area contributed by atoms with Crippen molar-refractivity contribution < 1.29 is 28.8 Å². The summed E-state index contributed by atoms with van der Waals surface area (Å²) in [4.78, 5) is 19.7. The first-order chi connectivity index (χ1) is 22.1. The zero-order chi connectivity index (χ0) is 33.8. The fourth-order valence-electron chi connectivity index (χ4n) is 4.81. The molecule has 0 fully saturated rings. The van der Waals surface area contributed by atoms with Crippen molar-refractivity contribution in [2.24, 2.45) is 0 Å². The van der Waals surface area contributed by atoms with Crippen LogP contribution in [0.15, 0.2) is 53.7 Å². The molecule has 3 rings (SSSR count). The van der Waals surface area contributed by atoms with Crippen molar-refractivity contribution in [3.8, 4) is 23.0 Å². The Morgan fingerprint density at radius 1 is 0.978 bits per heavy atom. The van der Waals surface area contributed by atoms with E-state index in [9.17, 15) is 9.90 Å². The standard InChI is InChI=1S/C35H45ClN4O6/c1-9-22(3)30(38-35(42)37-23(4)21-41)15-26-16-33(36)39-34(29(26)10-2)40(19-24-11-13-27(43-5)17-31(24)45-7)20-25-12-14-28(44-6)18-32(25)46-8/h10-18,23,41H,9,19-21H2,1-8H3,(H2,37,38,42)/b26-15-,29-10+,30-22-. The Morgan fingerprint density at radius 3 is 2.00 bits per heavy atom. The molecular formula is C35H45ClN4O6. The van der Waals surface area contributed by atoms with Crippen molar-refractivity contribution in [3.63, 3.8) is 0 Å². The highest BCUT2D eigenvalue weighted by molar-refractivity contribution is 6.29. The van der Waals surface area contributed by atoms with Gasteiger partial charge in [0.25, 0.3) is 0 Å². The summed E-state index contributed by atoms with van der Waals surface area (Å²) in [5, 5.41) is 17.0. The number of allylic oxidation sites excluding steroid dienone is 2. The normalized spacial score (nSPS) is 13.1. The third-order valence-electron chi connectivity index (χ3n) is 7.53. The lowest BCUT2D eigenvalue weighted by molar-refractivity contribution is 0.222. The largest absolute Gasteiger partial charge is 0.497 e. The van der Waals surface area contributed by atoms with E-state index in [4.69, 9.17) is 35.5 Å². The van der Waals surface area contributed by atoms with Gasteiger partial charge in [-0.2, -0.15) is 0 Å². The molecule has 10 nitrogen and oxygen atoms in total. The second-order valence-electron chi connectivity index (χ2n) is 10.6. The van der Waals surface area contributed by atoms with E-state index in [1.807, 2.05) is 69.3 Å². The Morgan fingerprint density at radius 2 is 1.54 bits per heavy atom. The molecule has 2 aromatic carbocycles. The number of aromatic nitrogens is 1. The molecule has 0 saturated heterocycles. The fraction of sp³-hybridized carbons (Fsp3) is 0.371. The lowest BCUT2D eigenvalue weighted by Crippen LogP contribution is -2.42. The first-order valence-corrected chi connectivity index (χ1v) is 15.4. The van der Waals surface area contributed by atoms with Gasteiger partial charge in [-0.15, -0.1) is 0 Å². The number of rotatable bonds is 14. The van der Waals surface area contributed by atoms with Crippen LogP contribution in [0.3, 0.4) is 0 Å². The molecule has 3 aromatic rings. The van der Waals surface area contributed by atoms with Crippen LogP contribution in [0.2, 0.25) is 5.15 Å². The van der Waals surface area contributed by atoms with E-state index < -0.39 is 12.1 Å². The minimum absolute atomic E-state index is 0.172. The monoisotopic (exact) mass is 652 g/mol. The van der Waals surface area contributed by atoms with Gasteiger partial charge in [-0.05, 0) is 74.4 Å². The van der Waals surface area contributed by atoms with E-state index in [1.54, 1.807) is 41.4 Å². The zero-order valence-corrected chi connectivity index (χ0v) is 28.6. The maximum atomic E-state index is 12.8. The van der Waals surface area contributed by atoms with Crippen LogP contribution in [-0.2, 0) is 13.1 Å². The van der Waals surface area contributed by atoms with Crippen molar-refractivity contribution in [2.75, 3.05) is 39.9 Å². The molecule has 248 valence electrons. The predicted octanol–water partition coefficient (Wildman–Crippen LogP) is 4.92. The summed E-state index contributed by atoms with van der Waals surface area (Å²) < 4.78 is 22.3. The van der Waals surface area contributed by atoms with Crippen molar-refractivity contribution in [3.05, 3.63) is 80.5 Å². The molecule has 0 aliphatic heterocycles. The van der Waals surface area contributed by atoms with E-state index in [1.165, 1.54) is 0 Å². The number of amides is 2. The maximum Gasteiger partial charge on any atom is 0.319 e. The van der Waals surface area contributed by atoms with Crippen LogP contribution in [0.4, 0.5) is 10.6 Å². The zero-order valence-electron chi connectivity index (χ0n) is 27.9. The molecule has 0 aliphatic rings. The highest BCUT2D eigenvalue weighted by atomic mass is 35.5. The number of nitrogens with one attached hydrogen (secondary N) is 2. The lowest BCUT2D eigenvalue weighted by Gasteiger charge is -2.27. The van der Waals surface area contributed by atoms with E-state index >= 15 is 0 Å². The second-order valence-corrected chi connectivity index (χ2v) is 11.0. The van der Waals surface area contributed by atoms with Gasteiger partial charge >= 0.3 is 6.03 Å². The molecule has 46 heavy (non-hydrogen) atoms. The average molecular weight is 653 g/mol. The summed E-state index contributed by atoms with van der Waals surface area (Å²) in [5.74, 6) is 3.32. The number of ether oxygens (including phenoxy) is 4. The summed E-state index contributed by atoms with van der Waals surface area (Å²) in [6.45, 7) is 8.28. The molecular weight excluding hydrogens is 608 g/mol. The van der Waals surface area contributed by atoms with E-state index in [-0.39, 0.29) is 11.8 Å². The lowest BCUT2D eigenvalue weighted by atomic mass is 10.1. The third kappa shape index (κ3) is 9.31. The first kappa shape index (κ1) is 36.1. The molecule has 0 saturated carbocycles. The van der Waals surface area contributed by atoms with Gasteiger partial charge in [0.1, 0.15) is 34.0 Å². The Hall–Kier alpha value is -4.41. The quantitative estimate of drug-likeness (QED) is 0.210. The highest BCUT2D eigenvalue weighted by Gasteiger charge is 2.19. The van der Waals surface area contributed by atoms with Crippen LogP contribution < -0.4 is 44.9 Å². The van der Waals surface area contributed by atoms with Gasteiger partial charge in [0.2, 0.25) is 0 Å². The van der Waals surface area contributed by atoms with Crippen LogP contribution in [-0.4, -0.2) is 57.2 Å². The van der Waals surface area contributed by atoms with E-state index in [0.717, 1.165) is 27.1 Å². The Bertz CT molecular complexity index is 1600. The summed E-state index contributed by atoms with van der Waals surface area (Å²) >= 11 is 6.72. The predicted molar refractivity (Wildman–Crippen MR) is 183 cm³/mol. The number of carbonyl (C=O) groups excluding carboxylic acids is 1. The van der Waals surface area contributed by atoms with Gasteiger partial charge in [-0.3, -0.25) is 0 Å². The van der Waals surface area contributed by atoms with Crippen molar-refractivity contribution >= 4 is 35.6 Å². The van der Waals surface area contributed by atoms with Crippen LogP contribution in [0.1, 0.15) is 45.2 Å². The minimum atomic E-state index is -0.414. The number of pyridine rings is 1. The maximum absolute atomic E-state index is 12.8. The van der Waals surface area contributed by atoms with E-state index in [2.05, 4.69) is 15.5 Å². The molecule has 0 radical (unpaired) electrons. The summed E-state index contributed by atoms with van der Waals surface area (Å²) in [6.07, 6.45) is 4.58. The van der Waals surface area contributed by atoms with Crippen molar-refractivity contribution in [1.82, 2.24) is 15.6 Å². The molecule has 1 aromatic heterocycles. The number of aliphatic hydroxyl groups is 1. The number of methoxy groups -OCH3 is 4. The average Bonchev–Trinajstić information content (AvgIpc) is 3.06. The molecule has 0 spiro atoms. The molecule has 1 unspecified atom stereocenters. The number of anilines is 1. The van der Waals surface area contributed by atoms with Gasteiger partial charge in [-0.25, -0.2) is 9.78 Å². The van der Waals surface area contributed by atoms with Crippen LogP contribution >= 0.6 is 11.6 Å². The Balaban J connectivity index is 2.25. The van der Waals surface area contributed by atoms with Gasteiger partial charge < -0.3 is 39.6 Å². The number of benzene rings is 2. The highest BCUT2D eigenvalue weighted by Crippen LogP contribution is 2.30. The van der Waals surface area contributed by atoms with E-state index in [0.29, 0.717) is 54.0 Å². The number of nitrogens with zero attached hydrogens (tertiary/aromatic N) is 2. The van der Waals surface area contributed by atoms with Gasteiger partial charge in [-0.1, -0.05) is 24.6 Å². The van der Waals surface area contributed by atoms with Crippen LogP contribution in [0, 0.1) is 0 Å². The third-order valence-corrected chi connectivity index (χ3v) is 7.72. The summed E-state index contributed by atoms with van der Waals surface area (Å²) in [6, 6.07) is 12.4. The topological polar surface area (TPSA) is 114 Å².